The number of halogens is 1. The monoisotopic (exact) mass is 337 g/mol. The Morgan fingerprint density at radius 1 is 1.43 bits per heavy atom. The molecule has 120 valence electrons. The molecule has 0 bridgehead atoms. The van der Waals surface area contributed by atoms with Crippen LogP contribution < -0.4 is 0 Å². The van der Waals surface area contributed by atoms with Gasteiger partial charge in [-0.2, -0.15) is 0 Å². The molecule has 1 aromatic carbocycles. The number of H-pyrrole nitrogens is 1. The zero-order chi connectivity index (χ0) is 21.1. The largest absolute Gasteiger partial charge is 0.348 e. The van der Waals surface area contributed by atoms with E-state index in [4.69, 9.17) is 9.60 Å². The van der Waals surface area contributed by atoms with Crippen molar-refractivity contribution < 1.29 is 14.4 Å². The molecule has 2 aromatic heterocycles. The molecule has 1 amide bonds. The Bertz CT molecular complexity index is 1120. The molecule has 0 unspecified atom stereocenters. The van der Waals surface area contributed by atoms with Gasteiger partial charge in [-0.3, -0.25) is 4.79 Å². The first-order chi connectivity index (χ1) is 13.5. The molecule has 0 atom stereocenters. The number of hydrogen-bond donors (Lipinski definition) is 1. The lowest BCUT2D eigenvalue weighted by molar-refractivity contribution is 0.0725. The number of aromatic amines is 1. The Hall–Kier alpha value is -2.27. The number of carbonyl (C=O) groups is 1. The molecule has 1 N–H and O–H groups in total. The summed E-state index contributed by atoms with van der Waals surface area (Å²) in [6.45, 7) is -4.76. The molecule has 0 radical (unpaired) electrons. The predicted molar refractivity (Wildman–Crippen MR) is 91.9 cm³/mol. The predicted octanol–water partition coefficient (Wildman–Crippen LogP) is 2.83. The van der Waals surface area contributed by atoms with Gasteiger partial charge in [0, 0.05) is 50.5 Å². The molecule has 0 spiro atoms. The number of carbonyl (C=O) groups excluding carboxylic acids is 1. The fourth-order valence-electron chi connectivity index (χ4n) is 2.99. The molecule has 3 heterocycles. The first-order valence-corrected chi connectivity index (χ1v) is 6.96. The number of nitrogens with zero attached hydrogens (tertiary/aromatic N) is 3. The lowest BCUT2D eigenvalue weighted by Gasteiger charge is -2.27. The molecular weight excluding hydrogens is 312 g/mol. The van der Waals surface area contributed by atoms with Gasteiger partial charge in [-0.15, -0.1) is 12.4 Å². The Morgan fingerprint density at radius 2 is 2.30 bits per heavy atom. The van der Waals surface area contributed by atoms with Gasteiger partial charge >= 0.3 is 0 Å². The number of amides is 1. The fourth-order valence-corrected chi connectivity index (χ4v) is 2.99. The van der Waals surface area contributed by atoms with Crippen molar-refractivity contribution in [3.05, 3.63) is 53.2 Å². The number of para-hydroxylation sites is 1. The minimum atomic E-state index is -2.48. The van der Waals surface area contributed by atoms with Crippen molar-refractivity contribution in [3.8, 4) is 0 Å². The summed E-state index contributed by atoms with van der Waals surface area (Å²) in [6, 6.07) is 6.85. The Labute approximate surface area is 150 Å². The maximum atomic E-state index is 13.2. The molecule has 5 nitrogen and oxygen atoms in total. The van der Waals surface area contributed by atoms with Gasteiger partial charge in [-0.05, 0) is 12.9 Å². The van der Waals surface area contributed by atoms with Crippen LogP contribution >= 0.6 is 12.4 Å². The van der Waals surface area contributed by atoms with Gasteiger partial charge in [0.15, 0.2) is 0 Å². The van der Waals surface area contributed by atoms with Crippen LogP contribution in [0.2, 0.25) is 0 Å². The van der Waals surface area contributed by atoms with E-state index < -0.39 is 13.8 Å². The third kappa shape index (κ3) is 2.32. The number of aromatic nitrogens is 3. The van der Waals surface area contributed by atoms with Crippen LogP contribution in [0.1, 0.15) is 37.0 Å². The summed E-state index contributed by atoms with van der Waals surface area (Å²) >= 11 is 0. The quantitative estimate of drug-likeness (QED) is 0.781. The van der Waals surface area contributed by atoms with Gasteiger partial charge in [0.25, 0.3) is 5.91 Å². The topological polar surface area (TPSA) is 53.9 Å². The van der Waals surface area contributed by atoms with Crippen LogP contribution in [0.15, 0.2) is 30.6 Å². The molecule has 1 aliphatic rings. The summed E-state index contributed by atoms with van der Waals surface area (Å²) in [5.41, 5.74) is 1.19. The average Bonchev–Trinajstić information content (AvgIpc) is 3.14. The Kier molecular flexibility index (Phi) is 2.28. The lowest BCUT2D eigenvalue weighted by Crippen LogP contribution is -2.37. The third-order valence-electron chi connectivity index (χ3n) is 4.09. The summed E-state index contributed by atoms with van der Waals surface area (Å²) in [5, 5.41) is 0.549. The van der Waals surface area contributed by atoms with Crippen LogP contribution in [-0.2, 0) is 19.9 Å². The van der Waals surface area contributed by atoms with Crippen molar-refractivity contribution in [2.45, 2.75) is 19.8 Å². The maximum Gasteiger partial charge on any atom is 0.256 e. The molecule has 0 saturated carbocycles. The fraction of sp³-hybridized carbons (Fsp3) is 0.294. The van der Waals surface area contributed by atoms with Crippen LogP contribution in [0.4, 0.5) is 0 Å². The first kappa shape index (κ1) is 9.13. The molecule has 23 heavy (non-hydrogen) atoms. The van der Waals surface area contributed by atoms with Crippen molar-refractivity contribution in [1.29, 1.82) is 0 Å². The summed E-state index contributed by atoms with van der Waals surface area (Å²) < 4.78 is 55.3. The number of rotatable bonds is 2. The summed E-state index contributed by atoms with van der Waals surface area (Å²) in [6.07, 6.45) is 0.0327. The maximum absolute atomic E-state index is 13.2. The molecule has 0 saturated heterocycles. The smallest absolute Gasteiger partial charge is 0.256 e. The van der Waals surface area contributed by atoms with Crippen LogP contribution in [-0.4, -0.2) is 31.9 Å². The average molecular weight is 338 g/mol. The molecule has 0 fully saturated rings. The minimum absolute atomic E-state index is 0. The van der Waals surface area contributed by atoms with Crippen molar-refractivity contribution in [2.75, 3.05) is 6.54 Å². The van der Waals surface area contributed by atoms with Gasteiger partial charge in [-0.1, -0.05) is 18.2 Å². The van der Waals surface area contributed by atoms with E-state index in [1.807, 2.05) is 0 Å². The summed E-state index contributed by atoms with van der Waals surface area (Å²) in [5.74, 6) is -0.378. The number of imidazole rings is 1. The highest BCUT2D eigenvalue weighted by atomic mass is 35.5. The second kappa shape index (κ2) is 5.74. The third-order valence-corrected chi connectivity index (χ3v) is 4.09. The molecule has 4 rings (SSSR count). The van der Waals surface area contributed by atoms with E-state index in [9.17, 15) is 4.79 Å². The van der Waals surface area contributed by atoms with E-state index in [2.05, 4.69) is 9.97 Å². The summed E-state index contributed by atoms with van der Waals surface area (Å²) in [4.78, 5) is 21.1. The van der Waals surface area contributed by atoms with Crippen molar-refractivity contribution in [2.24, 2.45) is 6.98 Å². The molecular formula is C17H19ClN4O. The van der Waals surface area contributed by atoms with Gasteiger partial charge in [0.05, 0.1) is 24.1 Å². The van der Waals surface area contributed by atoms with Crippen molar-refractivity contribution in [3.63, 3.8) is 0 Å². The number of benzene rings is 1. The SMILES string of the molecule is Cl.[2H]c1nc(CN2CCc3c(c4ccccc4n3C([2H])([2H])[2H])C2=O)c(C([2H])([2H])[2H])[nH]1. The van der Waals surface area contributed by atoms with E-state index in [1.54, 1.807) is 24.3 Å². The Morgan fingerprint density at radius 3 is 3.13 bits per heavy atom. The molecule has 0 aliphatic carbocycles. The highest BCUT2D eigenvalue weighted by molar-refractivity contribution is 6.09. The molecule has 6 heteroatoms. The number of nitrogens with one attached hydrogen (secondary N) is 1. The number of aryl methyl sites for hydroxylation is 2. The molecule has 1 aliphatic heterocycles. The standard InChI is InChI=1S/C17H18N4O.ClH/c1-11-13(19-10-18-11)9-21-8-7-15-16(17(21)22)12-5-3-4-6-14(12)20(15)2;/h3-6,10H,7-9H2,1-2H3,(H,18,19);1H/i1D3,2D3,10D;. The van der Waals surface area contributed by atoms with E-state index in [-0.39, 0.29) is 49.1 Å². The first-order valence-electron chi connectivity index (χ1n) is 10.5. The lowest BCUT2D eigenvalue weighted by atomic mass is 10.0. The highest BCUT2D eigenvalue weighted by Crippen LogP contribution is 2.30. The van der Waals surface area contributed by atoms with Gasteiger partial charge < -0.3 is 14.5 Å². The van der Waals surface area contributed by atoms with Crippen molar-refractivity contribution in [1.82, 2.24) is 19.4 Å². The van der Waals surface area contributed by atoms with Gasteiger partial charge in [0.2, 0.25) is 0 Å². The van der Waals surface area contributed by atoms with Crippen LogP contribution in [0.25, 0.3) is 10.9 Å². The van der Waals surface area contributed by atoms with Crippen LogP contribution in [0.5, 0.6) is 0 Å². The highest BCUT2D eigenvalue weighted by Gasteiger charge is 2.30. The van der Waals surface area contributed by atoms with E-state index in [1.165, 1.54) is 9.47 Å². The van der Waals surface area contributed by atoms with E-state index >= 15 is 0 Å². The number of hydrogen-bond acceptors (Lipinski definition) is 2. The number of fused-ring (bicyclic) bond motifs is 3. The normalized spacial score (nSPS) is 19.6. The van der Waals surface area contributed by atoms with Crippen molar-refractivity contribution >= 4 is 29.2 Å². The zero-order valence-electron chi connectivity index (χ0n) is 19.1. The van der Waals surface area contributed by atoms with E-state index in [0.29, 0.717) is 28.6 Å². The summed E-state index contributed by atoms with van der Waals surface area (Å²) in [7, 11) is 0. The molecule has 3 aromatic rings. The minimum Gasteiger partial charge on any atom is -0.348 e. The Balaban J connectivity index is 0.00000256. The van der Waals surface area contributed by atoms with Crippen LogP contribution in [0, 0.1) is 6.85 Å². The van der Waals surface area contributed by atoms with Gasteiger partial charge in [-0.25, -0.2) is 4.98 Å². The van der Waals surface area contributed by atoms with Crippen LogP contribution in [0.3, 0.4) is 0 Å². The second-order valence-corrected chi connectivity index (χ2v) is 5.32. The second-order valence-electron chi connectivity index (χ2n) is 5.32. The van der Waals surface area contributed by atoms with E-state index in [0.717, 1.165) is 0 Å². The van der Waals surface area contributed by atoms with Gasteiger partial charge in [0.1, 0.15) is 1.37 Å². The zero-order valence-corrected chi connectivity index (χ0v) is 12.9.